The number of carboxylic acids is 1. The average Bonchev–Trinajstić information content (AvgIpc) is 3.21. The van der Waals surface area contributed by atoms with Gasteiger partial charge in [-0.15, -0.1) is 0 Å². The maximum atomic E-state index is 13.2. The number of carbonyl (C=O) groups is 2. The van der Waals surface area contributed by atoms with Gasteiger partial charge in [0.15, 0.2) is 5.69 Å². The van der Waals surface area contributed by atoms with Crippen LogP contribution in [0.25, 0.3) is 16.9 Å². The highest BCUT2D eigenvalue weighted by Gasteiger charge is 2.22. The average molecular weight is 446 g/mol. The van der Waals surface area contributed by atoms with E-state index >= 15 is 0 Å². The van der Waals surface area contributed by atoms with Crippen LogP contribution in [-0.2, 0) is 4.79 Å². The van der Waals surface area contributed by atoms with Crippen molar-refractivity contribution in [2.75, 3.05) is 0 Å². The summed E-state index contributed by atoms with van der Waals surface area (Å²) >= 11 is 0. The number of aliphatic carboxylic acids is 1. The third-order valence-electron chi connectivity index (χ3n) is 4.95. The van der Waals surface area contributed by atoms with Crippen molar-refractivity contribution in [1.82, 2.24) is 20.1 Å². The number of nitrogens with one attached hydrogen (secondary N) is 1. The van der Waals surface area contributed by atoms with Gasteiger partial charge in [0.1, 0.15) is 5.82 Å². The number of benzene rings is 2. The Morgan fingerprint density at radius 3 is 2.39 bits per heavy atom. The number of carboxylic acid groups (broad SMARTS) is 1. The molecule has 33 heavy (non-hydrogen) atoms. The summed E-state index contributed by atoms with van der Waals surface area (Å²) in [6.07, 6.45) is 1.33. The largest absolute Gasteiger partial charge is 0.493 e. The third-order valence-corrected chi connectivity index (χ3v) is 4.95. The van der Waals surface area contributed by atoms with Gasteiger partial charge in [0, 0.05) is 17.8 Å². The van der Waals surface area contributed by atoms with E-state index in [1.54, 1.807) is 30.5 Å². The van der Waals surface area contributed by atoms with Gasteiger partial charge in [-0.2, -0.15) is 5.10 Å². The minimum absolute atomic E-state index is 0.114. The van der Waals surface area contributed by atoms with Gasteiger partial charge >= 0.3 is 5.97 Å². The molecule has 0 saturated heterocycles. The Hall–Kier alpha value is -4.53. The van der Waals surface area contributed by atoms with Gasteiger partial charge in [0.25, 0.3) is 5.91 Å². The molecular formula is C24H19FN4O4. The van der Waals surface area contributed by atoms with Crippen molar-refractivity contribution in [2.45, 2.75) is 12.5 Å². The number of pyridine rings is 1. The quantitative estimate of drug-likeness (QED) is 0.398. The molecule has 0 spiro atoms. The minimum atomic E-state index is -1.09. The summed E-state index contributed by atoms with van der Waals surface area (Å²) in [5.41, 5.74) is 2.46. The number of halogens is 1. The zero-order valence-corrected chi connectivity index (χ0v) is 17.2. The van der Waals surface area contributed by atoms with E-state index in [1.807, 2.05) is 18.2 Å². The summed E-state index contributed by atoms with van der Waals surface area (Å²) < 4.78 is 14.2. The Kier molecular flexibility index (Phi) is 6.12. The van der Waals surface area contributed by atoms with E-state index in [9.17, 15) is 24.2 Å². The van der Waals surface area contributed by atoms with Crippen LogP contribution < -0.4 is 5.32 Å². The predicted octanol–water partition coefficient (Wildman–Crippen LogP) is 3.72. The molecule has 0 aliphatic heterocycles. The van der Waals surface area contributed by atoms with Crippen molar-refractivity contribution in [3.05, 3.63) is 96.1 Å². The molecule has 2 heterocycles. The summed E-state index contributed by atoms with van der Waals surface area (Å²) in [5, 5.41) is 26.2. The fourth-order valence-electron chi connectivity index (χ4n) is 3.33. The molecule has 4 rings (SSSR count). The first kappa shape index (κ1) is 21.7. The minimum Gasteiger partial charge on any atom is -0.493 e. The highest BCUT2D eigenvalue weighted by Crippen LogP contribution is 2.24. The number of rotatable bonds is 7. The van der Waals surface area contributed by atoms with Crippen molar-refractivity contribution in [1.29, 1.82) is 0 Å². The van der Waals surface area contributed by atoms with E-state index in [1.165, 1.54) is 24.3 Å². The maximum Gasteiger partial charge on any atom is 0.305 e. The second-order valence-electron chi connectivity index (χ2n) is 7.24. The van der Waals surface area contributed by atoms with Crippen molar-refractivity contribution in [2.24, 2.45) is 0 Å². The molecule has 9 heteroatoms. The molecule has 0 aliphatic carbocycles. The van der Waals surface area contributed by atoms with E-state index in [0.29, 0.717) is 11.3 Å². The SMILES string of the molecule is O=C(O)CC(NC(=O)c1cc(O)n(-c2ccc(F)cc2)n1)c1ccc(-c2ccccn2)cc1. The molecule has 2 aromatic heterocycles. The van der Waals surface area contributed by atoms with E-state index in [0.717, 1.165) is 22.0 Å². The zero-order valence-electron chi connectivity index (χ0n) is 17.2. The first-order valence-corrected chi connectivity index (χ1v) is 9.99. The lowest BCUT2D eigenvalue weighted by molar-refractivity contribution is -0.137. The number of aromatic nitrogens is 3. The van der Waals surface area contributed by atoms with Crippen LogP contribution >= 0.6 is 0 Å². The van der Waals surface area contributed by atoms with Gasteiger partial charge in [-0.05, 0) is 42.0 Å². The number of aromatic hydroxyl groups is 1. The second-order valence-corrected chi connectivity index (χ2v) is 7.24. The van der Waals surface area contributed by atoms with Crippen LogP contribution in [0.3, 0.4) is 0 Å². The maximum absolute atomic E-state index is 13.2. The Morgan fingerprint density at radius 2 is 1.76 bits per heavy atom. The summed E-state index contributed by atoms with van der Waals surface area (Å²) in [7, 11) is 0. The van der Waals surface area contributed by atoms with Crippen LogP contribution in [-0.4, -0.2) is 36.9 Å². The van der Waals surface area contributed by atoms with Crippen LogP contribution in [0.5, 0.6) is 5.88 Å². The van der Waals surface area contributed by atoms with Crippen molar-refractivity contribution < 1.29 is 24.2 Å². The van der Waals surface area contributed by atoms with Crippen LogP contribution in [0, 0.1) is 5.82 Å². The molecule has 4 aromatic rings. The summed E-state index contributed by atoms with van der Waals surface area (Å²) in [6.45, 7) is 0. The summed E-state index contributed by atoms with van der Waals surface area (Å²) in [6, 6.07) is 18.1. The number of carbonyl (C=O) groups excluding carboxylic acids is 1. The summed E-state index contributed by atoms with van der Waals surface area (Å²) in [5.74, 6) is -2.52. The molecule has 166 valence electrons. The van der Waals surface area contributed by atoms with Gasteiger partial charge < -0.3 is 15.5 Å². The Bertz CT molecular complexity index is 1270. The fraction of sp³-hybridized carbons (Fsp3) is 0.0833. The van der Waals surface area contributed by atoms with Crippen LogP contribution in [0.4, 0.5) is 4.39 Å². The summed E-state index contributed by atoms with van der Waals surface area (Å²) in [4.78, 5) is 28.5. The Morgan fingerprint density at radius 1 is 1.03 bits per heavy atom. The van der Waals surface area contributed by atoms with Gasteiger partial charge in [-0.25, -0.2) is 9.07 Å². The molecule has 1 amide bonds. The zero-order chi connectivity index (χ0) is 23.4. The predicted molar refractivity (Wildman–Crippen MR) is 117 cm³/mol. The topological polar surface area (TPSA) is 117 Å². The lowest BCUT2D eigenvalue weighted by atomic mass is 10.0. The highest BCUT2D eigenvalue weighted by molar-refractivity contribution is 5.93. The second kappa shape index (κ2) is 9.31. The van der Waals surface area contributed by atoms with Crippen LogP contribution in [0.1, 0.15) is 28.5 Å². The number of amides is 1. The third kappa shape index (κ3) is 5.04. The van der Waals surface area contributed by atoms with E-state index in [4.69, 9.17) is 0 Å². The van der Waals surface area contributed by atoms with E-state index < -0.39 is 23.7 Å². The monoisotopic (exact) mass is 446 g/mol. The molecule has 2 aromatic carbocycles. The molecule has 1 atom stereocenters. The van der Waals surface area contributed by atoms with Crippen molar-refractivity contribution in [3.63, 3.8) is 0 Å². The van der Waals surface area contributed by atoms with E-state index in [2.05, 4.69) is 15.4 Å². The molecule has 0 bridgehead atoms. The fourth-order valence-corrected chi connectivity index (χ4v) is 3.33. The van der Waals surface area contributed by atoms with Crippen molar-refractivity contribution in [3.8, 4) is 22.8 Å². The van der Waals surface area contributed by atoms with Crippen LogP contribution in [0.15, 0.2) is 79.0 Å². The molecule has 0 radical (unpaired) electrons. The Balaban J connectivity index is 1.55. The smallest absolute Gasteiger partial charge is 0.305 e. The first-order chi connectivity index (χ1) is 15.9. The molecule has 0 aliphatic rings. The van der Waals surface area contributed by atoms with Crippen molar-refractivity contribution >= 4 is 11.9 Å². The lowest BCUT2D eigenvalue weighted by Gasteiger charge is -2.17. The molecule has 0 fully saturated rings. The number of hydrogen-bond acceptors (Lipinski definition) is 5. The molecule has 0 saturated carbocycles. The van der Waals surface area contributed by atoms with Gasteiger partial charge in [-0.1, -0.05) is 30.3 Å². The van der Waals surface area contributed by atoms with Gasteiger partial charge in [0.2, 0.25) is 5.88 Å². The van der Waals surface area contributed by atoms with E-state index in [-0.39, 0.29) is 18.0 Å². The molecule has 3 N–H and O–H groups in total. The normalized spacial score (nSPS) is 11.7. The molecule has 1 unspecified atom stereocenters. The highest BCUT2D eigenvalue weighted by atomic mass is 19.1. The molecular weight excluding hydrogens is 427 g/mol. The van der Waals surface area contributed by atoms with Gasteiger partial charge in [0.05, 0.1) is 23.8 Å². The lowest BCUT2D eigenvalue weighted by Crippen LogP contribution is -2.30. The number of hydrogen-bond donors (Lipinski definition) is 3. The molecule has 8 nitrogen and oxygen atoms in total. The van der Waals surface area contributed by atoms with Crippen LogP contribution in [0.2, 0.25) is 0 Å². The first-order valence-electron chi connectivity index (χ1n) is 9.99. The Labute approximate surface area is 188 Å². The van der Waals surface area contributed by atoms with Gasteiger partial charge in [-0.3, -0.25) is 14.6 Å². The standard InChI is InChI=1S/C24H19FN4O4/c25-17-8-10-18(11-9-17)29-22(30)13-21(28-29)24(33)27-20(14-23(31)32)16-6-4-15(5-7-16)19-3-1-2-12-26-19/h1-13,20,30H,14H2,(H,27,33)(H,31,32). The number of nitrogens with zero attached hydrogens (tertiary/aromatic N) is 3.